The first-order valence-electron chi connectivity index (χ1n) is 6.24. The third-order valence-electron chi connectivity index (χ3n) is 4.05. The van der Waals surface area contributed by atoms with Crippen LogP contribution >= 0.6 is 0 Å². The van der Waals surface area contributed by atoms with Crippen LogP contribution in [-0.2, 0) is 5.67 Å². The number of halogens is 1. The van der Waals surface area contributed by atoms with Gasteiger partial charge in [-0.2, -0.15) is 0 Å². The minimum absolute atomic E-state index is 0.0244. The van der Waals surface area contributed by atoms with Crippen molar-refractivity contribution in [1.82, 2.24) is 0 Å². The Balaban J connectivity index is 2.41. The van der Waals surface area contributed by atoms with E-state index in [9.17, 15) is 0 Å². The van der Waals surface area contributed by atoms with Gasteiger partial charge in [0.2, 0.25) is 0 Å². The summed E-state index contributed by atoms with van der Waals surface area (Å²) in [4.78, 5) is 0. The Morgan fingerprint density at radius 2 is 1.76 bits per heavy atom. The summed E-state index contributed by atoms with van der Waals surface area (Å²) < 4.78 is 15.1. The third kappa shape index (κ3) is 1.28. The SMILES string of the molecule is CC(C)C1c2cccc3cccc(c23)C1(C)F. The van der Waals surface area contributed by atoms with E-state index >= 15 is 4.39 Å². The van der Waals surface area contributed by atoms with Gasteiger partial charge < -0.3 is 0 Å². The Bertz CT molecular complexity index is 576. The van der Waals surface area contributed by atoms with Crippen LogP contribution in [0.3, 0.4) is 0 Å². The normalized spacial score (nSPS) is 27.0. The zero-order valence-electron chi connectivity index (χ0n) is 10.5. The Kier molecular flexibility index (Phi) is 2.10. The van der Waals surface area contributed by atoms with Crippen molar-refractivity contribution in [1.29, 1.82) is 0 Å². The second kappa shape index (κ2) is 3.32. The average Bonchev–Trinajstić information content (AvgIpc) is 2.50. The van der Waals surface area contributed by atoms with Gasteiger partial charge in [0.05, 0.1) is 0 Å². The molecule has 1 aliphatic rings. The Morgan fingerprint density at radius 1 is 1.12 bits per heavy atom. The first kappa shape index (κ1) is 10.8. The molecule has 2 aromatic rings. The van der Waals surface area contributed by atoms with Crippen LogP contribution in [0.4, 0.5) is 4.39 Å². The van der Waals surface area contributed by atoms with Gasteiger partial charge >= 0.3 is 0 Å². The summed E-state index contributed by atoms with van der Waals surface area (Å²) in [5.74, 6) is 0.284. The molecular weight excluding hydrogens is 211 g/mol. The van der Waals surface area contributed by atoms with Crippen LogP contribution in [0.25, 0.3) is 10.8 Å². The van der Waals surface area contributed by atoms with Crippen LogP contribution in [-0.4, -0.2) is 0 Å². The predicted molar refractivity (Wildman–Crippen MR) is 70.0 cm³/mol. The Hall–Kier alpha value is -1.37. The lowest BCUT2D eigenvalue weighted by Crippen LogP contribution is -2.24. The van der Waals surface area contributed by atoms with Crippen molar-refractivity contribution in [3.05, 3.63) is 47.5 Å². The smallest absolute Gasteiger partial charge is 0.140 e. The molecule has 0 spiro atoms. The highest BCUT2D eigenvalue weighted by Crippen LogP contribution is 2.54. The minimum Gasteiger partial charge on any atom is -0.238 e. The van der Waals surface area contributed by atoms with Gasteiger partial charge in [-0.3, -0.25) is 0 Å². The van der Waals surface area contributed by atoms with E-state index in [1.165, 1.54) is 5.56 Å². The van der Waals surface area contributed by atoms with Crippen LogP contribution in [0.15, 0.2) is 36.4 Å². The summed E-state index contributed by atoms with van der Waals surface area (Å²) in [6, 6.07) is 12.2. The quantitative estimate of drug-likeness (QED) is 0.659. The van der Waals surface area contributed by atoms with Crippen LogP contribution in [0.2, 0.25) is 0 Å². The van der Waals surface area contributed by atoms with Crippen LogP contribution in [0.5, 0.6) is 0 Å². The molecule has 2 atom stereocenters. The van der Waals surface area contributed by atoms with Gasteiger partial charge in [-0.15, -0.1) is 0 Å². The van der Waals surface area contributed by atoms with E-state index in [1.807, 2.05) is 18.2 Å². The fraction of sp³-hybridized carbons (Fsp3) is 0.375. The van der Waals surface area contributed by atoms with Crippen molar-refractivity contribution in [3.63, 3.8) is 0 Å². The molecule has 0 N–H and O–H groups in total. The molecule has 0 saturated carbocycles. The zero-order chi connectivity index (χ0) is 12.2. The zero-order valence-corrected chi connectivity index (χ0v) is 10.5. The predicted octanol–water partition coefficient (Wildman–Crippen LogP) is 4.78. The second-order valence-electron chi connectivity index (χ2n) is 5.55. The molecule has 88 valence electrons. The maximum Gasteiger partial charge on any atom is 0.140 e. The molecule has 0 fully saturated rings. The first-order valence-corrected chi connectivity index (χ1v) is 6.24. The fourth-order valence-corrected chi connectivity index (χ4v) is 3.48. The van der Waals surface area contributed by atoms with E-state index in [-0.39, 0.29) is 5.92 Å². The number of hydrogen-bond donors (Lipinski definition) is 0. The highest BCUT2D eigenvalue weighted by molar-refractivity contribution is 5.92. The summed E-state index contributed by atoms with van der Waals surface area (Å²) in [5.41, 5.74) is 0.805. The molecule has 1 heteroatoms. The van der Waals surface area contributed by atoms with E-state index in [0.717, 1.165) is 16.3 Å². The Labute approximate surface area is 101 Å². The lowest BCUT2D eigenvalue weighted by atomic mass is 9.80. The maximum atomic E-state index is 15.1. The summed E-state index contributed by atoms with van der Waals surface area (Å²) in [7, 11) is 0. The molecule has 0 amide bonds. The van der Waals surface area contributed by atoms with Crippen molar-refractivity contribution in [2.45, 2.75) is 32.4 Å². The van der Waals surface area contributed by atoms with Gasteiger partial charge in [0.15, 0.2) is 0 Å². The summed E-state index contributed by atoms with van der Waals surface area (Å²) in [6.45, 7) is 5.94. The molecule has 17 heavy (non-hydrogen) atoms. The topological polar surface area (TPSA) is 0 Å². The van der Waals surface area contributed by atoms with Gasteiger partial charge in [0.1, 0.15) is 5.67 Å². The molecule has 2 unspecified atom stereocenters. The highest BCUT2D eigenvalue weighted by Gasteiger charge is 2.45. The monoisotopic (exact) mass is 228 g/mol. The molecule has 0 radical (unpaired) electrons. The standard InChI is InChI=1S/C16H17F/c1-10(2)15-12-8-4-6-11-7-5-9-13(14(11)12)16(15,3)17/h4-10,15H,1-3H3. The van der Waals surface area contributed by atoms with Crippen LogP contribution in [0.1, 0.15) is 37.8 Å². The van der Waals surface area contributed by atoms with Crippen LogP contribution in [0, 0.1) is 5.92 Å². The highest BCUT2D eigenvalue weighted by atomic mass is 19.1. The molecule has 0 aliphatic heterocycles. The van der Waals surface area contributed by atoms with Crippen LogP contribution < -0.4 is 0 Å². The first-order chi connectivity index (χ1) is 8.03. The average molecular weight is 228 g/mol. The lowest BCUT2D eigenvalue weighted by Gasteiger charge is -2.28. The van der Waals surface area contributed by atoms with E-state index in [2.05, 4.69) is 32.0 Å². The van der Waals surface area contributed by atoms with Crippen molar-refractivity contribution in [3.8, 4) is 0 Å². The summed E-state index contributed by atoms with van der Waals surface area (Å²) in [5, 5.41) is 2.30. The molecule has 2 aromatic carbocycles. The van der Waals surface area contributed by atoms with Gasteiger partial charge in [0.25, 0.3) is 0 Å². The molecule has 0 bridgehead atoms. The molecular formula is C16H17F. The van der Waals surface area contributed by atoms with Gasteiger partial charge in [-0.25, -0.2) is 4.39 Å². The Morgan fingerprint density at radius 3 is 2.41 bits per heavy atom. The van der Waals surface area contributed by atoms with Crippen molar-refractivity contribution in [2.24, 2.45) is 5.92 Å². The van der Waals surface area contributed by atoms with Gasteiger partial charge in [-0.1, -0.05) is 50.2 Å². The van der Waals surface area contributed by atoms with E-state index in [1.54, 1.807) is 6.92 Å². The van der Waals surface area contributed by atoms with Crippen molar-refractivity contribution >= 4 is 10.8 Å². The number of rotatable bonds is 1. The summed E-state index contributed by atoms with van der Waals surface area (Å²) in [6.07, 6.45) is 0. The van der Waals surface area contributed by atoms with Crippen molar-refractivity contribution in [2.75, 3.05) is 0 Å². The second-order valence-corrected chi connectivity index (χ2v) is 5.55. The number of benzene rings is 2. The number of hydrogen-bond acceptors (Lipinski definition) is 0. The molecule has 0 aromatic heterocycles. The summed E-state index contributed by atoms with van der Waals surface area (Å²) >= 11 is 0. The molecule has 3 rings (SSSR count). The third-order valence-corrected chi connectivity index (χ3v) is 4.05. The van der Waals surface area contributed by atoms with Crippen molar-refractivity contribution < 1.29 is 4.39 Å². The van der Waals surface area contributed by atoms with E-state index in [0.29, 0.717) is 5.92 Å². The lowest BCUT2D eigenvalue weighted by molar-refractivity contribution is 0.129. The van der Waals surface area contributed by atoms with Gasteiger partial charge in [-0.05, 0) is 34.7 Å². The van der Waals surface area contributed by atoms with Gasteiger partial charge in [0, 0.05) is 5.92 Å². The maximum absolute atomic E-state index is 15.1. The minimum atomic E-state index is -1.24. The molecule has 0 heterocycles. The molecule has 1 aliphatic carbocycles. The molecule has 0 nitrogen and oxygen atoms in total. The fourth-order valence-electron chi connectivity index (χ4n) is 3.48. The largest absolute Gasteiger partial charge is 0.238 e. The molecule has 0 saturated heterocycles. The van der Waals surface area contributed by atoms with E-state index in [4.69, 9.17) is 0 Å². The number of alkyl halides is 1. The van der Waals surface area contributed by atoms with E-state index < -0.39 is 5.67 Å².